The Balaban J connectivity index is 1.48. The summed E-state index contributed by atoms with van der Waals surface area (Å²) in [7, 11) is 0. The van der Waals surface area contributed by atoms with Crippen LogP contribution in [0.1, 0.15) is 11.4 Å². The van der Waals surface area contributed by atoms with E-state index in [1.807, 2.05) is 36.5 Å². The van der Waals surface area contributed by atoms with E-state index in [2.05, 4.69) is 15.0 Å². The molecule has 124 valence electrons. The Labute approximate surface area is 142 Å². The van der Waals surface area contributed by atoms with Gasteiger partial charge in [0.15, 0.2) is 0 Å². The normalized spacial score (nSPS) is 11.0. The molecule has 4 aromatic rings. The van der Waals surface area contributed by atoms with Gasteiger partial charge in [0.05, 0.1) is 17.3 Å². The molecule has 2 aromatic heterocycles. The van der Waals surface area contributed by atoms with Crippen molar-refractivity contribution in [1.82, 2.24) is 15.0 Å². The van der Waals surface area contributed by atoms with Gasteiger partial charge in [0.1, 0.15) is 12.4 Å². The molecule has 0 radical (unpaired) electrons. The van der Waals surface area contributed by atoms with Gasteiger partial charge in [-0.25, -0.2) is 4.98 Å². The Morgan fingerprint density at radius 1 is 1.04 bits per heavy atom. The number of hydrogen-bond donors (Lipinski definition) is 2. The number of nitrogens with one attached hydrogen (secondary N) is 2. The Morgan fingerprint density at radius 3 is 2.68 bits per heavy atom. The number of fused-ring (bicyclic) bond motifs is 2. The minimum atomic E-state index is -0.374. The van der Waals surface area contributed by atoms with E-state index in [9.17, 15) is 9.59 Å². The van der Waals surface area contributed by atoms with Crippen molar-refractivity contribution in [2.45, 2.75) is 13.0 Å². The van der Waals surface area contributed by atoms with Gasteiger partial charge in [-0.15, -0.1) is 0 Å². The Hall–Kier alpha value is -3.41. The molecule has 2 heterocycles. The van der Waals surface area contributed by atoms with Crippen LogP contribution in [0, 0.1) is 0 Å². The van der Waals surface area contributed by atoms with Gasteiger partial charge in [0.2, 0.25) is 0 Å². The predicted molar refractivity (Wildman–Crippen MR) is 94.2 cm³/mol. The molecular weight excluding hydrogens is 318 g/mol. The molecule has 0 fully saturated rings. The van der Waals surface area contributed by atoms with Gasteiger partial charge in [0, 0.05) is 17.1 Å². The van der Waals surface area contributed by atoms with Crippen LogP contribution in [0.3, 0.4) is 0 Å². The third kappa shape index (κ3) is 3.01. The first-order chi connectivity index (χ1) is 12.2. The van der Waals surface area contributed by atoms with E-state index in [1.54, 1.807) is 18.2 Å². The van der Waals surface area contributed by atoms with Crippen LogP contribution in [-0.2, 0) is 22.6 Å². The number of nitrogens with zero attached hydrogens (tertiary/aromatic N) is 1. The van der Waals surface area contributed by atoms with E-state index in [4.69, 9.17) is 4.74 Å². The zero-order valence-corrected chi connectivity index (χ0v) is 13.3. The molecular formula is C19H15N3O3. The van der Waals surface area contributed by atoms with E-state index in [0.29, 0.717) is 16.7 Å². The number of carbonyl (C=O) groups is 1. The molecule has 2 aromatic carbocycles. The summed E-state index contributed by atoms with van der Waals surface area (Å²) in [6.07, 6.45) is 1.96. The molecule has 0 aliphatic heterocycles. The van der Waals surface area contributed by atoms with Crippen LogP contribution in [0.5, 0.6) is 0 Å². The monoisotopic (exact) mass is 333 g/mol. The fourth-order valence-electron chi connectivity index (χ4n) is 2.84. The van der Waals surface area contributed by atoms with Crippen molar-refractivity contribution in [3.63, 3.8) is 0 Å². The molecule has 0 saturated heterocycles. The molecule has 0 saturated carbocycles. The standard InChI is InChI=1S/C19H15N3O3/c23-18(9-12-10-20-15-7-3-1-5-13(12)15)25-11-17-21-16-8-4-2-6-14(16)19(24)22-17/h1-8,10,20H,9,11H2,(H,21,22,24). The van der Waals surface area contributed by atoms with Gasteiger partial charge in [-0.2, -0.15) is 0 Å². The van der Waals surface area contributed by atoms with Crippen LogP contribution in [0.15, 0.2) is 59.5 Å². The predicted octanol–water partition coefficient (Wildman–Crippen LogP) is 2.69. The van der Waals surface area contributed by atoms with Gasteiger partial charge >= 0.3 is 5.97 Å². The molecule has 0 amide bonds. The van der Waals surface area contributed by atoms with Crippen molar-refractivity contribution in [2.24, 2.45) is 0 Å². The molecule has 2 N–H and O–H groups in total. The quantitative estimate of drug-likeness (QED) is 0.562. The number of aromatic amines is 2. The highest BCUT2D eigenvalue weighted by Crippen LogP contribution is 2.18. The molecule has 0 spiro atoms. The maximum Gasteiger partial charge on any atom is 0.310 e. The summed E-state index contributed by atoms with van der Waals surface area (Å²) in [4.78, 5) is 34.2. The lowest BCUT2D eigenvalue weighted by Gasteiger charge is -2.05. The molecule has 6 heteroatoms. The highest BCUT2D eigenvalue weighted by molar-refractivity contribution is 5.87. The number of para-hydroxylation sites is 2. The average Bonchev–Trinajstić information content (AvgIpc) is 3.03. The van der Waals surface area contributed by atoms with Gasteiger partial charge in [-0.1, -0.05) is 30.3 Å². The first-order valence-electron chi connectivity index (χ1n) is 7.89. The summed E-state index contributed by atoms with van der Waals surface area (Å²) in [5, 5.41) is 1.51. The van der Waals surface area contributed by atoms with Crippen molar-refractivity contribution in [3.05, 3.63) is 76.5 Å². The summed E-state index contributed by atoms with van der Waals surface area (Å²) >= 11 is 0. The number of carbonyl (C=O) groups excluding carboxylic acids is 1. The van der Waals surface area contributed by atoms with E-state index in [-0.39, 0.29) is 24.6 Å². The number of esters is 1. The first kappa shape index (κ1) is 15.1. The summed E-state index contributed by atoms with van der Waals surface area (Å²) < 4.78 is 5.27. The van der Waals surface area contributed by atoms with Crippen LogP contribution in [0.2, 0.25) is 0 Å². The molecule has 0 unspecified atom stereocenters. The fraction of sp³-hybridized carbons (Fsp3) is 0.105. The van der Waals surface area contributed by atoms with Gasteiger partial charge in [-0.05, 0) is 23.8 Å². The maximum atomic E-state index is 12.1. The van der Waals surface area contributed by atoms with Crippen molar-refractivity contribution in [3.8, 4) is 0 Å². The second kappa shape index (κ2) is 6.24. The van der Waals surface area contributed by atoms with E-state index in [1.165, 1.54) is 0 Å². The first-order valence-corrected chi connectivity index (χ1v) is 7.89. The zero-order chi connectivity index (χ0) is 17.2. The van der Waals surface area contributed by atoms with Gasteiger partial charge in [-0.3, -0.25) is 9.59 Å². The number of rotatable bonds is 4. The minimum absolute atomic E-state index is 0.0682. The highest BCUT2D eigenvalue weighted by Gasteiger charge is 2.11. The van der Waals surface area contributed by atoms with Crippen LogP contribution >= 0.6 is 0 Å². The van der Waals surface area contributed by atoms with Crippen molar-refractivity contribution in [1.29, 1.82) is 0 Å². The summed E-state index contributed by atoms with van der Waals surface area (Å²) in [6.45, 7) is -0.0682. The lowest BCUT2D eigenvalue weighted by molar-refractivity contribution is -0.144. The smallest absolute Gasteiger partial charge is 0.310 e. The molecule has 0 bridgehead atoms. The van der Waals surface area contributed by atoms with Gasteiger partial charge in [0.25, 0.3) is 5.56 Å². The zero-order valence-electron chi connectivity index (χ0n) is 13.3. The Bertz CT molecular complexity index is 1130. The van der Waals surface area contributed by atoms with E-state index < -0.39 is 0 Å². The number of H-pyrrole nitrogens is 2. The van der Waals surface area contributed by atoms with Crippen molar-refractivity contribution in [2.75, 3.05) is 0 Å². The number of benzene rings is 2. The third-order valence-electron chi connectivity index (χ3n) is 4.04. The van der Waals surface area contributed by atoms with Crippen molar-refractivity contribution < 1.29 is 9.53 Å². The number of aromatic nitrogens is 3. The van der Waals surface area contributed by atoms with Crippen LogP contribution in [0.25, 0.3) is 21.8 Å². The summed E-state index contributed by atoms with van der Waals surface area (Å²) in [5.74, 6) is -0.0449. The fourth-order valence-corrected chi connectivity index (χ4v) is 2.84. The van der Waals surface area contributed by atoms with Gasteiger partial charge < -0.3 is 14.7 Å². The Kier molecular flexibility index (Phi) is 3.78. The van der Waals surface area contributed by atoms with E-state index >= 15 is 0 Å². The largest absolute Gasteiger partial charge is 0.457 e. The van der Waals surface area contributed by atoms with Crippen molar-refractivity contribution >= 4 is 27.8 Å². The SMILES string of the molecule is O=C(Cc1c[nH]c2ccccc12)OCc1nc2ccccc2c(=O)[nH]1. The Morgan fingerprint density at radius 2 is 1.80 bits per heavy atom. The summed E-state index contributed by atoms with van der Waals surface area (Å²) in [5.41, 5.74) is 2.19. The van der Waals surface area contributed by atoms with Crippen LogP contribution in [0.4, 0.5) is 0 Å². The van der Waals surface area contributed by atoms with E-state index in [0.717, 1.165) is 16.5 Å². The molecule has 0 aliphatic carbocycles. The molecule has 0 atom stereocenters. The second-order valence-corrected chi connectivity index (χ2v) is 5.73. The lowest BCUT2D eigenvalue weighted by atomic mass is 10.1. The molecule has 0 aliphatic rings. The summed E-state index contributed by atoms with van der Waals surface area (Å²) in [6, 6.07) is 14.8. The molecule has 4 rings (SSSR count). The molecule has 6 nitrogen and oxygen atoms in total. The molecule has 25 heavy (non-hydrogen) atoms. The second-order valence-electron chi connectivity index (χ2n) is 5.73. The highest BCUT2D eigenvalue weighted by atomic mass is 16.5. The minimum Gasteiger partial charge on any atom is -0.457 e. The average molecular weight is 333 g/mol. The van der Waals surface area contributed by atoms with Crippen LogP contribution in [-0.4, -0.2) is 20.9 Å². The topological polar surface area (TPSA) is 87.8 Å². The lowest BCUT2D eigenvalue weighted by Crippen LogP contribution is -2.15. The van der Waals surface area contributed by atoms with Crippen LogP contribution < -0.4 is 5.56 Å². The number of ether oxygens (including phenoxy) is 1. The number of hydrogen-bond acceptors (Lipinski definition) is 4. The third-order valence-corrected chi connectivity index (χ3v) is 4.04. The maximum absolute atomic E-state index is 12.1.